The number of piperidine rings is 1. The van der Waals surface area contributed by atoms with E-state index in [9.17, 15) is 9.18 Å². The fourth-order valence-electron chi connectivity index (χ4n) is 3.61. The number of carbonyl (C=O) groups excluding carboxylic acids is 1. The molecule has 0 radical (unpaired) electrons. The van der Waals surface area contributed by atoms with Crippen molar-refractivity contribution in [2.45, 2.75) is 25.7 Å². The van der Waals surface area contributed by atoms with Gasteiger partial charge in [0.25, 0.3) is 5.91 Å². The highest BCUT2D eigenvalue weighted by Crippen LogP contribution is 2.29. The standard InChI is InChI=1S/C21H21FN4O/c1-14-4-2-10-23-20(14)19-12-18(24-25-19)16-5-3-11-26(13-16)21(27)15-6-8-17(22)9-7-15/h2,4,6-10,12,16H,3,5,11,13H2,1H3,(H,24,25)/t16-/m0/s1. The molecule has 0 unspecified atom stereocenters. The second-order valence-electron chi connectivity index (χ2n) is 6.97. The normalized spacial score (nSPS) is 17.1. The van der Waals surface area contributed by atoms with Crippen molar-refractivity contribution in [2.75, 3.05) is 13.1 Å². The van der Waals surface area contributed by atoms with E-state index in [1.807, 2.05) is 30.0 Å². The van der Waals surface area contributed by atoms with E-state index in [1.165, 1.54) is 12.1 Å². The molecule has 0 aliphatic carbocycles. The Balaban J connectivity index is 1.51. The van der Waals surface area contributed by atoms with Crippen molar-refractivity contribution in [1.82, 2.24) is 20.1 Å². The van der Waals surface area contributed by atoms with Crippen LogP contribution in [0.25, 0.3) is 11.4 Å². The molecule has 1 fully saturated rings. The Labute approximate surface area is 157 Å². The van der Waals surface area contributed by atoms with E-state index in [4.69, 9.17) is 0 Å². The highest BCUT2D eigenvalue weighted by molar-refractivity contribution is 5.94. The lowest BCUT2D eigenvalue weighted by molar-refractivity contribution is 0.0706. The van der Waals surface area contributed by atoms with Crippen molar-refractivity contribution in [1.29, 1.82) is 0 Å². The molecule has 1 N–H and O–H groups in total. The minimum absolute atomic E-state index is 0.0555. The minimum atomic E-state index is -0.335. The van der Waals surface area contributed by atoms with Crippen LogP contribution in [-0.4, -0.2) is 39.1 Å². The number of H-pyrrole nitrogens is 1. The molecule has 6 heteroatoms. The van der Waals surface area contributed by atoms with Gasteiger partial charge in [0.15, 0.2) is 0 Å². The monoisotopic (exact) mass is 364 g/mol. The molecule has 1 amide bonds. The fraction of sp³-hybridized carbons (Fsp3) is 0.286. The SMILES string of the molecule is Cc1cccnc1-c1cc([C@H]2CCCN(C(=O)c3ccc(F)cc3)C2)[nH]n1. The number of rotatable bonds is 3. The molecule has 1 saturated heterocycles. The molecule has 27 heavy (non-hydrogen) atoms. The predicted molar refractivity (Wildman–Crippen MR) is 101 cm³/mol. The summed E-state index contributed by atoms with van der Waals surface area (Å²) in [5, 5.41) is 7.56. The fourth-order valence-corrected chi connectivity index (χ4v) is 3.61. The molecule has 1 aromatic carbocycles. The highest BCUT2D eigenvalue weighted by atomic mass is 19.1. The van der Waals surface area contributed by atoms with E-state index in [1.54, 1.807) is 18.3 Å². The number of halogens is 1. The zero-order valence-electron chi connectivity index (χ0n) is 15.2. The quantitative estimate of drug-likeness (QED) is 0.766. The summed E-state index contributed by atoms with van der Waals surface area (Å²) >= 11 is 0. The molecule has 138 valence electrons. The van der Waals surface area contributed by atoms with Crippen LogP contribution < -0.4 is 0 Å². The van der Waals surface area contributed by atoms with E-state index >= 15 is 0 Å². The first-order valence-corrected chi connectivity index (χ1v) is 9.14. The zero-order chi connectivity index (χ0) is 18.8. The molecule has 4 rings (SSSR count). The average molecular weight is 364 g/mol. The Hall–Kier alpha value is -3.02. The van der Waals surface area contributed by atoms with Crippen LogP contribution in [0.5, 0.6) is 0 Å². The summed E-state index contributed by atoms with van der Waals surface area (Å²) in [4.78, 5) is 19.0. The first-order valence-electron chi connectivity index (χ1n) is 9.14. The second-order valence-corrected chi connectivity index (χ2v) is 6.97. The molecule has 0 bridgehead atoms. The predicted octanol–water partition coefficient (Wildman–Crippen LogP) is 3.94. The molecule has 0 saturated carbocycles. The smallest absolute Gasteiger partial charge is 0.253 e. The van der Waals surface area contributed by atoms with E-state index in [2.05, 4.69) is 15.2 Å². The van der Waals surface area contributed by atoms with Gasteiger partial charge in [0, 0.05) is 36.5 Å². The molecular weight excluding hydrogens is 343 g/mol. The number of hydrogen-bond acceptors (Lipinski definition) is 3. The van der Waals surface area contributed by atoms with Crippen LogP contribution in [-0.2, 0) is 0 Å². The largest absolute Gasteiger partial charge is 0.338 e. The van der Waals surface area contributed by atoms with E-state index < -0.39 is 0 Å². The zero-order valence-corrected chi connectivity index (χ0v) is 15.2. The van der Waals surface area contributed by atoms with Gasteiger partial charge >= 0.3 is 0 Å². The number of pyridine rings is 1. The van der Waals surface area contributed by atoms with Gasteiger partial charge in [-0.25, -0.2) is 4.39 Å². The number of amides is 1. The van der Waals surface area contributed by atoms with Gasteiger partial charge < -0.3 is 4.90 Å². The number of likely N-dealkylation sites (tertiary alicyclic amines) is 1. The van der Waals surface area contributed by atoms with Gasteiger partial charge in [-0.2, -0.15) is 5.10 Å². The molecule has 2 aromatic heterocycles. The summed E-state index contributed by atoms with van der Waals surface area (Å²) < 4.78 is 13.1. The molecule has 5 nitrogen and oxygen atoms in total. The minimum Gasteiger partial charge on any atom is -0.338 e. The maximum Gasteiger partial charge on any atom is 0.253 e. The Bertz CT molecular complexity index is 951. The Morgan fingerprint density at radius 2 is 2.07 bits per heavy atom. The van der Waals surface area contributed by atoms with Crippen molar-refractivity contribution in [2.24, 2.45) is 0 Å². The van der Waals surface area contributed by atoms with Gasteiger partial charge in [0.1, 0.15) is 11.5 Å². The van der Waals surface area contributed by atoms with Gasteiger partial charge in [0.05, 0.1) is 5.69 Å². The molecular formula is C21H21FN4O. The summed E-state index contributed by atoms with van der Waals surface area (Å²) in [6.07, 6.45) is 3.69. The number of hydrogen-bond donors (Lipinski definition) is 1. The lowest BCUT2D eigenvalue weighted by Crippen LogP contribution is -2.39. The number of nitrogens with one attached hydrogen (secondary N) is 1. The summed E-state index contributed by atoms with van der Waals surface area (Å²) in [7, 11) is 0. The lowest BCUT2D eigenvalue weighted by atomic mass is 9.94. The van der Waals surface area contributed by atoms with Crippen molar-refractivity contribution in [3.05, 3.63) is 71.3 Å². The summed E-state index contributed by atoms with van der Waals surface area (Å²) in [5.74, 6) is -0.189. The maximum absolute atomic E-state index is 13.1. The number of aryl methyl sites for hydroxylation is 1. The van der Waals surface area contributed by atoms with Crippen molar-refractivity contribution in [3.63, 3.8) is 0 Å². The van der Waals surface area contributed by atoms with Gasteiger partial charge in [0.2, 0.25) is 0 Å². The summed E-state index contributed by atoms with van der Waals surface area (Å²) in [5.41, 5.74) is 4.31. The number of aromatic nitrogens is 3. The van der Waals surface area contributed by atoms with Crippen molar-refractivity contribution in [3.8, 4) is 11.4 Å². The van der Waals surface area contributed by atoms with Crippen LogP contribution >= 0.6 is 0 Å². The lowest BCUT2D eigenvalue weighted by Gasteiger charge is -2.32. The van der Waals surface area contributed by atoms with Gasteiger partial charge in [-0.05, 0) is 61.7 Å². The van der Waals surface area contributed by atoms with Crippen molar-refractivity contribution >= 4 is 5.91 Å². The van der Waals surface area contributed by atoms with Crippen LogP contribution in [0.3, 0.4) is 0 Å². The van der Waals surface area contributed by atoms with E-state index in [0.717, 1.165) is 35.5 Å². The van der Waals surface area contributed by atoms with Gasteiger partial charge in [-0.1, -0.05) is 6.07 Å². The number of nitrogens with zero attached hydrogens (tertiary/aromatic N) is 3. The second kappa shape index (κ2) is 7.31. The first-order chi connectivity index (χ1) is 13.1. The van der Waals surface area contributed by atoms with Crippen LogP contribution in [0.4, 0.5) is 4.39 Å². The van der Waals surface area contributed by atoms with Gasteiger partial charge in [-0.3, -0.25) is 14.9 Å². The number of aromatic amines is 1. The third-order valence-electron chi connectivity index (χ3n) is 5.09. The van der Waals surface area contributed by atoms with Crippen LogP contribution in [0.15, 0.2) is 48.7 Å². The molecule has 3 aromatic rings. The number of carbonyl (C=O) groups is 1. The van der Waals surface area contributed by atoms with Gasteiger partial charge in [-0.15, -0.1) is 0 Å². The Morgan fingerprint density at radius 1 is 1.26 bits per heavy atom. The van der Waals surface area contributed by atoms with Crippen molar-refractivity contribution < 1.29 is 9.18 Å². The van der Waals surface area contributed by atoms with Crippen LogP contribution in [0.2, 0.25) is 0 Å². The Morgan fingerprint density at radius 3 is 2.85 bits per heavy atom. The van der Waals surface area contributed by atoms with Crippen LogP contribution in [0.1, 0.15) is 40.4 Å². The third-order valence-corrected chi connectivity index (χ3v) is 5.09. The molecule has 1 aliphatic rings. The average Bonchev–Trinajstić information content (AvgIpc) is 3.18. The summed E-state index contributed by atoms with van der Waals surface area (Å²) in [6, 6.07) is 11.7. The van der Waals surface area contributed by atoms with Crippen LogP contribution in [0, 0.1) is 12.7 Å². The maximum atomic E-state index is 13.1. The topological polar surface area (TPSA) is 61.9 Å². The first kappa shape index (κ1) is 17.4. The van der Waals surface area contributed by atoms with E-state index in [-0.39, 0.29) is 17.6 Å². The third kappa shape index (κ3) is 3.60. The molecule has 0 spiro atoms. The molecule has 3 heterocycles. The number of benzene rings is 1. The Kier molecular flexibility index (Phi) is 4.71. The molecule has 1 aliphatic heterocycles. The molecule has 1 atom stereocenters. The highest BCUT2D eigenvalue weighted by Gasteiger charge is 2.27. The van der Waals surface area contributed by atoms with E-state index in [0.29, 0.717) is 18.7 Å². The summed E-state index contributed by atoms with van der Waals surface area (Å²) in [6.45, 7) is 3.35.